The van der Waals surface area contributed by atoms with Crippen LogP contribution in [0.1, 0.15) is 37.8 Å². The lowest BCUT2D eigenvalue weighted by Crippen LogP contribution is -2.37. The molecule has 0 unspecified atom stereocenters. The van der Waals surface area contributed by atoms with Gasteiger partial charge >= 0.3 is 0 Å². The molecule has 1 aliphatic heterocycles. The summed E-state index contributed by atoms with van der Waals surface area (Å²) in [6.45, 7) is 1.99. The van der Waals surface area contributed by atoms with Crippen molar-refractivity contribution in [3.8, 4) is 0 Å². The van der Waals surface area contributed by atoms with Crippen molar-refractivity contribution in [3.05, 3.63) is 16.6 Å². The zero-order valence-corrected chi connectivity index (χ0v) is 12.9. The van der Waals surface area contributed by atoms with Gasteiger partial charge in [0.25, 0.3) is 0 Å². The minimum absolute atomic E-state index is 0.531. The van der Waals surface area contributed by atoms with E-state index in [1.54, 1.807) is 11.3 Å². The molecular weight excluding hydrogens is 274 g/mol. The third-order valence-electron chi connectivity index (χ3n) is 4.13. The average molecular weight is 295 g/mol. The number of thiazole rings is 1. The summed E-state index contributed by atoms with van der Waals surface area (Å²) in [6.07, 6.45) is 8.00. The van der Waals surface area contributed by atoms with Crippen molar-refractivity contribution in [1.29, 1.82) is 0 Å². The standard InChI is InChI=1S/C14H21N3S2/c1-2-5-14(6-3-1)9-16-13(19-10-14)15-7-4-12-8-18-11-17-12/h8,11H,1-7,9-10H2,(H,15,16). The van der Waals surface area contributed by atoms with Gasteiger partial charge in [0.05, 0.1) is 11.2 Å². The van der Waals surface area contributed by atoms with Crippen LogP contribution in [-0.4, -0.2) is 29.0 Å². The van der Waals surface area contributed by atoms with E-state index in [1.807, 2.05) is 17.3 Å². The van der Waals surface area contributed by atoms with Gasteiger partial charge in [-0.25, -0.2) is 4.98 Å². The summed E-state index contributed by atoms with van der Waals surface area (Å²) >= 11 is 3.59. The number of aromatic nitrogens is 1. The summed E-state index contributed by atoms with van der Waals surface area (Å²) in [5, 5.41) is 6.72. The Labute approximate surface area is 123 Å². The van der Waals surface area contributed by atoms with Crippen LogP contribution in [0.3, 0.4) is 0 Å². The van der Waals surface area contributed by atoms with Crippen LogP contribution in [0, 0.1) is 5.41 Å². The number of rotatable bonds is 3. The molecule has 19 heavy (non-hydrogen) atoms. The van der Waals surface area contributed by atoms with Gasteiger partial charge in [0.2, 0.25) is 0 Å². The monoisotopic (exact) mass is 295 g/mol. The second-order valence-corrected chi connectivity index (χ2v) is 7.31. The van der Waals surface area contributed by atoms with Gasteiger partial charge in [0, 0.05) is 30.6 Å². The number of hydrogen-bond donors (Lipinski definition) is 1. The number of hydrogen-bond acceptors (Lipinski definition) is 5. The topological polar surface area (TPSA) is 37.3 Å². The largest absolute Gasteiger partial charge is 0.365 e. The Morgan fingerprint density at radius 3 is 2.84 bits per heavy atom. The Morgan fingerprint density at radius 1 is 1.26 bits per heavy atom. The molecule has 0 bridgehead atoms. The van der Waals surface area contributed by atoms with Gasteiger partial charge in [-0.2, -0.15) is 0 Å². The molecule has 104 valence electrons. The maximum atomic E-state index is 4.78. The van der Waals surface area contributed by atoms with Crippen molar-refractivity contribution in [1.82, 2.24) is 10.3 Å². The van der Waals surface area contributed by atoms with E-state index < -0.39 is 0 Å². The summed E-state index contributed by atoms with van der Waals surface area (Å²) in [4.78, 5) is 9.07. The second-order valence-electron chi connectivity index (χ2n) is 5.63. The van der Waals surface area contributed by atoms with Crippen molar-refractivity contribution < 1.29 is 0 Å². The molecule has 3 rings (SSSR count). The highest BCUT2D eigenvalue weighted by molar-refractivity contribution is 8.13. The molecule has 1 saturated carbocycles. The second kappa shape index (κ2) is 6.27. The van der Waals surface area contributed by atoms with Crippen molar-refractivity contribution in [3.63, 3.8) is 0 Å². The van der Waals surface area contributed by atoms with Crippen LogP contribution < -0.4 is 5.32 Å². The summed E-state index contributed by atoms with van der Waals surface area (Å²) < 4.78 is 0. The van der Waals surface area contributed by atoms with E-state index in [9.17, 15) is 0 Å². The highest BCUT2D eigenvalue weighted by atomic mass is 32.2. The molecule has 0 amide bonds. The Kier molecular flexibility index (Phi) is 4.43. The fourth-order valence-corrected chi connectivity index (χ4v) is 4.70. The first-order chi connectivity index (χ1) is 9.36. The molecule has 0 saturated heterocycles. The number of nitrogens with one attached hydrogen (secondary N) is 1. The van der Waals surface area contributed by atoms with Gasteiger partial charge in [-0.3, -0.25) is 4.99 Å². The fourth-order valence-electron chi connectivity index (χ4n) is 2.92. The van der Waals surface area contributed by atoms with Crippen LogP contribution in [0.2, 0.25) is 0 Å². The predicted octanol–water partition coefficient (Wildman–Crippen LogP) is 3.33. The Bertz CT molecular complexity index is 422. The molecule has 0 radical (unpaired) electrons. The third-order valence-corrected chi connectivity index (χ3v) is 6.07. The lowest BCUT2D eigenvalue weighted by Gasteiger charge is -2.38. The number of nitrogens with zero attached hydrogens (tertiary/aromatic N) is 2. The molecule has 1 aliphatic carbocycles. The van der Waals surface area contributed by atoms with Gasteiger partial charge in [-0.15, -0.1) is 11.3 Å². The molecular formula is C14H21N3S2. The van der Waals surface area contributed by atoms with Crippen molar-refractivity contribution >= 4 is 28.3 Å². The quantitative estimate of drug-likeness (QED) is 0.929. The first kappa shape index (κ1) is 13.4. The van der Waals surface area contributed by atoms with E-state index in [0.29, 0.717) is 5.41 Å². The first-order valence-corrected chi connectivity index (χ1v) is 9.07. The van der Waals surface area contributed by atoms with Crippen LogP contribution in [0.5, 0.6) is 0 Å². The lowest BCUT2D eigenvalue weighted by molar-refractivity contribution is 0.232. The van der Waals surface area contributed by atoms with Crippen LogP contribution in [0.15, 0.2) is 15.9 Å². The zero-order chi connectivity index (χ0) is 13.0. The maximum absolute atomic E-state index is 4.78. The molecule has 0 atom stereocenters. The van der Waals surface area contributed by atoms with Crippen LogP contribution >= 0.6 is 23.1 Å². The lowest BCUT2D eigenvalue weighted by atomic mass is 9.75. The molecule has 0 aromatic carbocycles. The normalized spacial score (nSPS) is 22.2. The van der Waals surface area contributed by atoms with Crippen LogP contribution in [0.25, 0.3) is 0 Å². The summed E-state index contributed by atoms with van der Waals surface area (Å²) in [5.41, 5.74) is 3.61. The van der Waals surface area contributed by atoms with Crippen molar-refractivity contribution in [2.45, 2.75) is 38.5 Å². The molecule has 2 aliphatic rings. The van der Waals surface area contributed by atoms with Gasteiger partial charge in [-0.05, 0) is 18.3 Å². The SMILES string of the molecule is c1nc(CCNC2=NCC3(CCCCC3)CS2)cs1. The molecule has 5 heteroatoms. The highest BCUT2D eigenvalue weighted by Crippen LogP contribution is 2.41. The Balaban J connectivity index is 1.45. The van der Waals surface area contributed by atoms with E-state index in [0.717, 1.165) is 24.7 Å². The summed E-state index contributed by atoms with van der Waals surface area (Å²) in [5.74, 6) is 1.26. The maximum Gasteiger partial charge on any atom is 0.156 e. The zero-order valence-electron chi connectivity index (χ0n) is 11.2. The van der Waals surface area contributed by atoms with Crippen molar-refractivity contribution in [2.75, 3.05) is 18.8 Å². The van der Waals surface area contributed by atoms with E-state index >= 15 is 0 Å². The van der Waals surface area contributed by atoms with E-state index in [4.69, 9.17) is 4.99 Å². The minimum Gasteiger partial charge on any atom is -0.365 e. The minimum atomic E-state index is 0.531. The van der Waals surface area contributed by atoms with E-state index in [2.05, 4.69) is 15.7 Å². The predicted molar refractivity (Wildman–Crippen MR) is 84.1 cm³/mol. The first-order valence-electron chi connectivity index (χ1n) is 7.15. The van der Waals surface area contributed by atoms with Gasteiger partial charge in [-0.1, -0.05) is 31.0 Å². The average Bonchev–Trinajstić information content (AvgIpc) is 2.96. The van der Waals surface area contributed by atoms with Crippen LogP contribution in [0.4, 0.5) is 0 Å². The van der Waals surface area contributed by atoms with E-state index in [-0.39, 0.29) is 0 Å². The van der Waals surface area contributed by atoms with Crippen LogP contribution in [-0.2, 0) is 6.42 Å². The molecule has 1 N–H and O–H groups in total. The Hall–Kier alpha value is -0.550. The number of aliphatic imine (C=N–C) groups is 1. The van der Waals surface area contributed by atoms with Gasteiger partial charge < -0.3 is 5.32 Å². The molecule has 3 nitrogen and oxygen atoms in total. The summed E-state index contributed by atoms with van der Waals surface area (Å²) in [7, 11) is 0. The molecule has 1 spiro atoms. The molecule has 1 aromatic rings. The van der Waals surface area contributed by atoms with E-state index in [1.165, 1.54) is 43.6 Å². The number of amidine groups is 1. The molecule has 1 fully saturated rings. The Morgan fingerprint density at radius 2 is 2.16 bits per heavy atom. The van der Waals surface area contributed by atoms with Gasteiger partial charge in [0.15, 0.2) is 5.17 Å². The third kappa shape index (κ3) is 3.51. The molecule has 1 aromatic heterocycles. The van der Waals surface area contributed by atoms with Gasteiger partial charge in [0.1, 0.15) is 0 Å². The highest BCUT2D eigenvalue weighted by Gasteiger charge is 2.34. The fraction of sp³-hybridized carbons (Fsp3) is 0.714. The summed E-state index contributed by atoms with van der Waals surface area (Å²) in [6, 6.07) is 0. The smallest absolute Gasteiger partial charge is 0.156 e. The molecule has 2 heterocycles. The number of thioether (sulfide) groups is 1. The van der Waals surface area contributed by atoms with Crippen molar-refractivity contribution in [2.24, 2.45) is 10.4 Å².